The number of benzene rings is 1. The molecule has 2 heterocycles. The van der Waals surface area contributed by atoms with Gasteiger partial charge in [0.2, 0.25) is 12.7 Å². The average molecular weight is 411 g/mol. The number of nitrogen functional groups attached to an aromatic ring is 1. The van der Waals surface area contributed by atoms with Crippen molar-refractivity contribution >= 4 is 41.6 Å². The summed E-state index contributed by atoms with van der Waals surface area (Å²) in [6.07, 6.45) is 4.14. The third-order valence-corrected chi connectivity index (χ3v) is 5.60. The minimum atomic E-state index is -0.798. The molecular weight excluding hydrogens is 388 g/mol. The maximum atomic E-state index is 12.9. The number of hydrogen-bond donors (Lipinski definition) is 2. The highest BCUT2D eigenvalue weighted by atomic mass is 35.5. The number of nitrogens with one attached hydrogen (secondary N) is 1. The van der Waals surface area contributed by atoms with Crippen LogP contribution in [0.5, 0.6) is 11.5 Å². The molecule has 152 valence electrons. The quantitative estimate of drug-likeness (QED) is 0.581. The van der Waals surface area contributed by atoms with Crippen molar-refractivity contribution in [1.29, 1.82) is 0 Å². The third-order valence-electron chi connectivity index (χ3n) is 5.60. The van der Waals surface area contributed by atoms with Gasteiger partial charge in [-0.1, -0.05) is 19.3 Å². The topological polar surface area (TPSA) is 114 Å². The van der Waals surface area contributed by atoms with E-state index in [1.807, 2.05) is 0 Å². The highest BCUT2D eigenvalue weighted by Gasteiger charge is 2.55. The first-order chi connectivity index (χ1) is 12.9. The van der Waals surface area contributed by atoms with Gasteiger partial charge in [0, 0.05) is 19.2 Å². The second kappa shape index (κ2) is 7.38. The lowest BCUT2D eigenvalue weighted by Crippen LogP contribution is -2.49. The molecule has 1 saturated carbocycles. The molecule has 2 aliphatic heterocycles. The van der Waals surface area contributed by atoms with Gasteiger partial charge in [0.15, 0.2) is 11.5 Å². The Morgan fingerprint density at radius 3 is 2.50 bits per heavy atom. The summed E-state index contributed by atoms with van der Waals surface area (Å²) < 4.78 is 10.5. The first-order valence-corrected chi connectivity index (χ1v) is 9.01. The Kier molecular flexibility index (Phi) is 5.29. The summed E-state index contributed by atoms with van der Waals surface area (Å²) in [6.45, 7) is -0.255. The van der Waals surface area contributed by atoms with E-state index in [9.17, 15) is 14.4 Å². The molecule has 1 aromatic carbocycles. The van der Waals surface area contributed by atoms with E-state index < -0.39 is 17.5 Å². The fraction of sp³-hybridized carbons (Fsp3) is 0.500. The first-order valence-electron chi connectivity index (χ1n) is 9.01. The number of carbonyl (C=O) groups excluding carboxylic acids is 3. The highest BCUT2D eigenvalue weighted by Crippen LogP contribution is 2.40. The maximum absolute atomic E-state index is 12.9. The molecule has 0 aromatic heterocycles. The van der Waals surface area contributed by atoms with Gasteiger partial charge in [-0.25, -0.2) is 4.79 Å². The number of halogens is 1. The van der Waals surface area contributed by atoms with E-state index in [4.69, 9.17) is 15.2 Å². The largest absolute Gasteiger partial charge is 0.454 e. The van der Waals surface area contributed by atoms with Crippen molar-refractivity contribution in [2.24, 2.45) is 0 Å². The van der Waals surface area contributed by atoms with Crippen LogP contribution in [0.4, 0.5) is 16.2 Å². The Morgan fingerprint density at radius 2 is 1.82 bits per heavy atom. The number of anilines is 2. The number of ether oxygens (including phenoxy) is 2. The molecule has 0 unspecified atom stereocenters. The number of nitrogens with two attached hydrogens (primary N) is 1. The normalized spacial score (nSPS) is 19.8. The van der Waals surface area contributed by atoms with Crippen molar-refractivity contribution in [1.82, 2.24) is 9.80 Å². The Morgan fingerprint density at radius 1 is 1.18 bits per heavy atom. The zero-order valence-electron chi connectivity index (χ0n) is 15.5. The molecule has 1 aliphatic carbocycles. The lowest BCUT2D eigenvalue weighted by atomic mass is 9.81. The van der Waals surface area contributed by atoms with Crippen molar-refractivity contribution in [3.63, 3.8) is 0 Å². The van der Waals surface area contributed by atoms with Crippen LogP contribution in [0.1, 0.15) is 32.1 Å². The Bertz CT molecular complexity index is 824. The number of urea groups is 1. The molecule has 3 aliphatic rings. The summed E-state index contributed by atoms with van der Waals surface area (Å²) in [5.74, 6) is 0.206. The maximum Gasteiger partial charge on any atom is 0.327 e. The predicted octanol–water partition coefficient (Wildman–Crippen LogP) is 1.95. The molecule has 28 heavy (non-hydrogen) atoms. The number of rotatable bonds is 3. The number of amides is 4. The molecule has 0 bridgehead atoms. The Hall–Kier alpha value is -2.68. The van der Waals surface area contributed by atoms with Crippen LogP contribution in [0.2, 0.25) is 0 Å². The van der Waals surface area contributed by atoms with Crippen LogP contribution < -0.4 is 20.5 Å². The summed E-state index contributed by atoms with van der Waals surface area (Å²) >= 11 is 0. The molecule has 1 aromatic rings. The van der Waals surface area contributed by atoms with Gasteiger partial charge in [-0.05, 0) is 12.8 Å². The van der Waals surface area contributed by atoms with Crippen molar-refractivity contribution in [2.45, 2.75) is 37.6 Å². The van der Waals surface area contributed by atoms with Crippen LogP contribution >= 0.6 is 12.4 Å². The smallest absolute Gasteiger partial charge is 0.327 e. The molecule has 2 fully saturated rings. The summed E-state index contributed by atoms with van der Waals surface area (Å²) in [5, 5.41) is 2.65. The van der Waals surface area contributed by atoms with Crippen molar-refractivity contribution < 1.29 is 23.9 Å². The van der Waals surface area contributed by atoms with Gasteiger partial charge in [-0.3, -0.25) is 14.5 Å². The minimum Gasteiger partial charge on any atom is -0.454 e. The lowest BCUT2D eigenvalue weighted by Gasteiger charge is -2.35. The van der Waals surface area contributed by atoms with Crippen molar-refractivity contribution in [3.05, 3.63) is 12.1 Å². The lowest BCUT2D eigenvalue weighted by molar-refractivity contribution is -0.136. The van der Waals surface area contributed by atoms with Crippen LogP contribution in [0.25, 0.3) is 0 Å². The number of fused-ring (bicyclic) bond motifs is 1. The molecule has 4 rings (SSSR count). The monoisotopic (exact) mass is 410 g/mol. The Labute approximate surface area is 168 Å². The number of carbonyl (C=O) groups is 3. The summed E-state index contributed by atoms with van der Waals surface area (Å²) in [7, 11) is 1.64. The molecule has 4 amide bonds. The predicted molar refractivity (Wildman–Crippen MR) is 104 cm³/mol. The molecule has 10 heteroatoms. The standard InChI is InChI=1S/C18H22N4O5.ClH/c1-21-17(25)22(16(24)18(21)5-3-2-4-6-18)9-15(23)20-12-8-14-13(7-11(12)19)26-10-27-14;/h7-8H,2-6,9-10,19H2,1H3,(H,20,23);1H. The van der Waals surface area contributed by atoms with E-state index >= 15 is 0 Å². The fourth-order valence-electron chi connectivity index (χ4n) is 4.07. The molecule has 3 N–H and O–H groups in total. The van der Waals surface area contributed by atoms with E-state index in [-0.39, 0.29) is 31.7 Å². The number of likely N-dealkylation sites (N-methyl/N-ethyl adjacent to an activating group) is 1. The first kappa shape index (κ1) is 20.1. The SMILES string of the molecule is CN1C(=O)N(CC(=O)Nc2cc3c(cc2N)OCO3)C(=O)C12CCCCC2.Cl. The van der Waals surface area contributed by atoms with Gasteiger partial charge in [0.25, 0.3) is 5.91 Å². The van der Waals surface area contributed by atoms with E-state index in [1.54, 1.807) is 19.2 Å². The molecule has 1 spiro atoms. The minimum absolute atomic E-state index is 0. The summed E-state index contributed by atoms with van der Waals surface area (Å²) in [4.78, 5) is 40.5. The Balaban J connectivity index is 0.00000225. The van der Waals surface area contributed by atoms with Crippen LogP contribution in [-0.4, -0.2) is 53.6 Å². The van der Waals surface area contributed by atoms with Crippen LogP contribution in [0, 0.1) is 0 Å². The van der Waals surface area contributed by atoms with E-state index in [2.05, 4.69) is 5.32 Å². The molecule has 0 atom stereocenters. The second-order valence-corrected chi connectivity index (χ2v) is 7.17. The number of nitrogens with zero attached hydrogens (tertiary/aromatic N) is 2. The molecule has 9 nitrogen and oxygen atoms in total. The van der Waals surface area contributed by atoms with Gasteiger partial charge >= 0.3 is 6.03 Å². The van der Waals surface area contributed by atoms with E-state index in [1.165, 1.54) is 4.90 Å². The van der Waals surface area contributed by atoms with Crippen molar-refractivity contribution in [3.8, 4) is 11.5 Å². The van der Waals surface area contributed by atoms with Crippen LogP contribution in [0.3, 0.4) is 0 Å². The molecule has 1 saturated heterocycles. The fourth-order valence-corrected chi connectivity index (χ4v) is 4.07. The zero-order valence-corrected chi connectivity index (χ0v) is 16.3. The van der Waals surface area contributed by atoms with E-state index in [0.717, 1.165) is 24.2 Å². The second-order valence-electron chi connectivity index (χ2n) is 7.17. The van der Waals surface area contributed by atoms with Crippen molar-refractivity contribution in [2.75, 3.05) is 31.4 Å². The third kappa shape index (κ3) is 3.09. The van der Waals surface area contributed by atoms with Gasteiger partial charge in [-0.15, -0.1) is 12.4 Å². The van der Waals surface area contributed by atoms with Gasteiger partial charge in [0.1, 0.15) is 12.1 Å². The molecular formula is C18H23ClN4O5. The molecule has 0 radical (unpaired) electrons. The number of imide groups is 1. The van der Waals surface area contributed by atoms with Crippen LogP contribution in [-0.2, 0) is 9.59 Å². The summed E-state index contributed by atoms with van der Waals surface area (Å²) in [5.41, 5.74) is 5.80. The van der Waals surface area contributed by atoms with Gasteiger partial charge in [0.05, 0.1) is 11.4 Å². The van der Waals surface area contributed by atoms with E-state index in [0.29, 0.717) is 35.7 Å². The van der Waals surface area contributed by atoms with Gasteiger partial charge < -0.3 is 25.4 Å². The summed E-state index contributed by atoms with van der Waals surface area (Å²) in [6, 6.07) is 2.70. The number of hydrogen-bond acceptors (Lipinski definition) is 6. The van der Waals surface area contributed by atoms with Crippen LogP contribution in [0.15, 0.2) is 12.1 Å². The zero-order chi connectivity index (χ0) is 19.2. The van der Waals surface area contributed by atoms with Gasteiger partial charge in [-0.2, -0.15) is 0 Å². The highest BCUT2D eigenvalue weighted by molar-refractivity contribution is 6.10. The average Bonchev–Trinajstić information content (AvgIpc) is 3.17.